The van der Waals surface area contributed by atoms with Crippen LogP contribution >= 0.6 is 11.6 Å². The SMILES string of the molecule is Cc1nc(N)c(CCC2CCCNCC2)c(Cl)n1. The van der Waals surface area contributed by atoms with Crippen LogP contribution in [0, 0.1) is 12.8 Å². The molecule has 1 atom stereocenters. The summed E-state index contributed by atoms with van der Waals surface area (Å²) in [4.78, 5) is 8.37. The van der Waals surface area contributed by atoms with Crippen molar-refractivity contribution in [3.05, 3.63) is 16.5 Å². The van der Waals surface area contributed by atoms with Gasteiger partial charge in [0.05, 0.1) is 0 Å². The van der Waals surface area contributed by atoms with E-state index in [1.807, 2.05) is 6.92 Å². The van der Waals surface area contributed by atoms with Crippen molar-refractivity contribution in [2.24, 2.45) is 5.92 Å². The number of rotatable bonds is 3. The zero-order chi connectivity index (χ0) is 13.0. The largest absolute Gasteiger partial charge is 0.383 e. The normalized spacial score (nSPS) is 20.7. The molecule has 0 radical (unpaired) electrons. The number of aromatic nitrogens is 2. The number of anilines is 1. The molecule has 0 spiro atoms. The first-order valence-corrected chi connectivity index (χ1v) is 7.04. The number of nitrogens with zero attached hydrogens (tertiary/aromatic N) is 2. The number of halogens is 1. The highest BCUT2D eigenvalue weighted by Crippen LogP contribution is 2.25. The molecule has 1 aromatic heterocycles. The molecular weight excluding hydrogens is 248 g/mol. The second kappa shape index (κ2) is 6.34. The van der Waals surface area contributed by atoms with E-state index in [0.717, 1.165) is 37.4 Å². The monoisotopic (exact) mass is 268 g/mol. The Balaban J connectivity index is 1.97. The maximum absolute atomic E-state index is 6.14. The van der Waals surface area contributed by atoms with Crippen molar-refractivity contribution >= 4 is 17.4 Å². The summed E-state index contributed by atoms with van der Waals surface area (Å²) < 4.78 is 0. The minimum Gasteiger partial charge on any atom is -0.383 e. The third-order valence-electron chi connectivity index (χ3n) is 3.60. The molecule has 3 N–H and O–H groups in total. The molecule has 0 aromatic carbocycles. The van der Waals surface area contributed by atoms with Gasteiger partial charge in [-0.2, -0.15) is 0 Å². The predicted molar refractivity (Wildman–Crippen MR) is 74.7 cm³/mol. The van der Waals surface area contributed by atoms with Crippen LogP contribution < -0.4 is 11.1 Å². The van der Waals surface area contributed by atoms with Crippen LogP contribution in [0.1, 0.15) is 37.1 Å². The zero-order valence-corrected chi connectivity index (χ0v) is 11.6. The first-order chi connectivity index (χ1) is 8.66. The molecule has 0 bridgehead atoms. The van der Waals surface area contributed by atoms with E-state index < -0.39 is 0 Å². The lowest BCUT2D eigenvalue weighted by atomic mass is 9.93. The van der Waals surface area contributed by atoms with Crippen LogP contribution in [0.25, 0.3) is 0 Å². The molecule has 2 rings (SSSR count). The number of nitrogens with one attached hydrogen (secondary N) is 1. The van der Waals surface area contributed by atoms with E-state index in [2.05, 4.69) is 15.3 Å². The number of nitrogen functional groups attached to an aromatic ring is 1. The molecule has 0 amide bonds. The van der Waals surface area contributed by atoms with Crippen molar-refractivity contribution in [3.63, 3.8) is 0 Å². The fourth-order valence-electron chi connectivity index (χ4n) is 2.54. The summed E-state index contributed by atoms with van der Waals surface area (Å²) in [5.74, 6) is 1.94. The summed E-state index contributed by atoms with van der Waals surface area (Å²) in [6.45, 7) is 4.08. The molecule has 1 aliphatic heterocycles. The lowest BCUT2D eigenvalue weighted by Gasteiger charge is -2.14. The van der Waals surface area contributed by atoms with Crippen LogP contribution in [0.2, 0.25) is 5.15 Å². The molecule has 4 nitrogen and oxygen atoms in total. The molecule has 100 valence electrons. The Morgan fingerprint density at radius 3 is 2.94 bits per heavy atom. The number of nitrogens with two attached hydrogens (primary N) is 1. The second-order valence-electron chi connectivity index (χ2n) is 5.01. The quantitative estimate of drug-likeness (QED) is 0.826. The van der Waals surface area contributed by atoms with Gasteiger partial charge in [-0.25, -0.2) is 9.97 Å². The molecule has 1 aliphatic rings. The Kier molecular flexibility index (Phi) is 4.78. The number of aryl methyl sites for hydroxylation is 1. The summed E-state index contributed by atoms with van der Waals surface area (Å²) in [7, 11) is 0. The lowest BCUT2D eigenvalue weighted by molar-refractivity contribution is 0.439. The Labute approximate surface area is 113 Å². The number of hydrogen-bond acceptors (Lipinski definition) is 4. The van der Waals surface area contributed by atoms with Gasteiger partial charge in [0, 0.05) is 5.56 Å². The van der Waals surface area contributed by atoms with Gasteiger partial charge < -0.3 is 11.1 Å². The van der Waals surface area contributed by atoms with E-state index in [0.29, 0.717) is 16.8 Å². The second-order valence-corrected chi connectivity index (χ2v) is 5.37. The molecule has 1 fully saturated rings. The predicted octanol–water partition coefficient (Wildman–Crippen LogP) is 2.34. The van der Waals surface area contributed by atoms with E-state index in [4.69, 9.17) is 17.3 Å². The van der Waals surface area contributed by atoms with Crippen LogP contribution in [0.15, 0.2) is 0 Å². The molecule has 5 heteroatoms. The van der Waals surface area contributed by atoms with Crippen molar-refractivity contribution in [2.45, 2.75) is 39.0 Å². The van der Waals surface area contributed by atoms with Crippen molar-refractivity contribution in [2.75, 3.05) is 18.8 Å². The Hall–Kier alpha value is -0.870. The topological polar surface area (TPSA) is 63.8 Å². The van der Waals surface area contributed by atoms with Crippen LogP contribution in [0.3, 0.4) is 0 Å². The van der Waals surface area contributed by atoms with Gasteiger partial charge in [-0.05, 0) is 58.0 Å². The molecule has 18 heavy (non-hydrogen) atoms. The molecule has 1 aromatic rings. The van der Waals surface area contributed by atoms with Crippen molar-refractivity contribution in [1.29, 1.82) is 0 Å². The van der Waals surface area contributed by atoms with Crippen LogP contribution in [0.5, 0.6) is 0 Å². The van der Waals surface area contributed by atoms with Crippen molar-refractivity contribution in [3.8, 4) is 0 Å². The fraction of sp³-hybridized carbons (Fsp3) is 0.692. The summed E-state index contributed by atoms with van der Waals surface area (Å²) >= 11 is 6.14. The van der Waals surface area contributed by atoms with Gasteiger partial charge in [0.15, 0.2) is 0 Å². The van der Waals surface area contributed by atoms with Crippen LogP contribution in [-0.2, 0) is 6.42 Å². The highest BCUT2D eigenvalue weighted by atomic mass is 35.5. The summed E-state index contributed by atoms with van der Waals surface area (Å²) in [5.41, 5.74) is 6.84. The average molecular weight is 269 g/mol. The van der Waals surface area contributed by atoms with E-state index in [1.54, 1.807) is 0 Å². The standard InChI is InChI=1S/C13H21ClN4/c1-9-17-12(14)11(13(15)18-9)5-4-10-3-2-7-16-8-6-10/h10,16H,2-8H2,1H3,(H2,15,17,18). The molecule has 0 aliphatic carbocycles. The molecule has 1 unspecified atom stereocenters. The van der Waals surface area contributed by atoms with E-state index in [-0.39, 0.29) is 0 Å². The number of hydrogen-bond donors (Lipinski definition) is 2. The van der Waals surface area contributed by atoms with Crippen molar-refractivity contribution < 1.29 is 0 Å². The van der Waals surface area contributed by atoms with Gasteiger partial charge in [-0.1, -0.05) is 11.6 Å². The zero-order valence-electron chi connectivity index (χ0n) is 10.9. The Morgan fingerprint density at radius 1 is 1.33 bits per heavy atom. The Morgan fingerprint density at radius 2 is 2.17 bits per heavy atom. The Bertz CT molecular complexity index is 377. The van der Waals surface area contributed by atoms with Gasteiger partial charge in [-0.15, -0.1) is 0 Å². The van der Waals surface area contributed by atoms with Gasteiger partial charge in [0.1, 0.15) is 16.8 Å². The first-order valence-electron chi connectivity index (χ1n) is 6.66. The summed E-state index contributed by atoms with van der Waals surface area (Å²) in [6, 6.07) is 0. The fourth-order valence-corrected chi connectivity index (χ4v) is 2.86. The third-order valence-corrected chi connectivity index (χ3v) is 3.91. The minimum absolute atomic E-state index is 0.520. The van der Waals surface area contributed by atoms with Crippen LogP contribution in [0.4, 0.5) is 5.82 Å². The third kappa shape index (κ3) is 3.56. The van der Waals surface area contributed by atoms with Crippen LogP contribution in [-0.4, -0.2) is 23.1 Å². The lowest BCUT2D eigenvalue weighted by Crippen LogP contribution is -2.14. The van der Waals surface area contributed by atoms with Gasteiger partial charge in [-0.3, -0.25) is 0 Å². The summed E-state index contributed by atoms with van der Waals surface area (Å²) in [6.07, 6.45) is 5.80. The van der Waals surface area contributed by atoms with Gasteiger partial charge >= 0.3 is 0 Å². The smallest absolute Gasteiger partial charge is 0.138 e. The molecular formula is C13H21ClN4. The maximum Gasteiger partial charge on any atom is 0.138 e. The summed E-state index contributed by atoms with van der Waals surface area (Å²) in [5, 5.41) is 3.95. The maximum atomic E-state index is 6.14. The van der Waals surface area contributed by atoms with Crippen molar-refractivity contribution in [1.82, 2.24) is 15.3 Å². The molecule has 2 heterocycles. The minimum atomic E-state index is 0.520. The van der Waals surface area contributed by atoms with E-state index >= 15 is 0 Å². The first kappa shape index (κ1) is 13.6. The van der Waals surface area contributed by atoms with E-state index in [1.165, 1.54) is 19.3 Å². The highest BCUT2D eigenvalue weighted by molar-refractivity contribution is 6.30. The molecule has 0 saturated carbocycles. The average Bonchev–Trinajstić information content (AvgIpc) is 2.56. The van der Waals surface area contributed by atoms with Gasteiger partial charge in [0.2, 0.25) is 0 Å². The molecule has 1 saturated heterocycles. The van der Waals surface area contributed by atoms with E-state index in [9.17, 15) is 0 Å². The van der Waals surface area contributed by atoms with Gasteiger partial charge in [0.25, 0.3) is 0 Å². The highest BCUT2D eigenvalue weighted by Gasteiger charge is 2.15.